The minimum absolute atomic E-state index is 0.0763. The Bertz CT molecular complexity index is 749. The molecule has 0 aliphatic rings. The number of nitrogens with one attached hydrogen (secondary N) is 1. The summed E-state index contributed by atoms with van der Waals surface area (Å²) in [6.45, 7) is 3.94. The van der Waals surface area contributed by atoms with E-state index in [1.807, 2.05) is 19.1 Å². The Morgan fingerprint density at radius 1 is 1.26 bits per heavy atom. The minimum Gasteiger partial charge on any atom is -0.458 e. The van der Waals surface area contributed by atoms with E-state index < -0.39 is 0 Å². The summed E-state index contributed by atoms with van der Waals surface area (Å²) in [6.07, 6.45) is 2.70. The maximum atomic E-state index is 12.4. The number of aromatic nitrogens is 1. The molecule has 0 bridgehead atoms. The van der Waals surface area contributed by atoms with Gasteiger partial charge in [0.15, 0.2) is 5.76 Å². The van der Waals surface area contributed by atoms with Crippen LogP contribution in [0.15, 0.2) is 40.9 Å². The number of benzene rings is 1. The molecule has 3 heteroatoms. The summed E-state index contributed by atoms with van der Waals surface area (Å²) >= 11 is 0. The van der Waals surface area contributed by atoms with Gasteiger partial charge >= 0.3 is 0 Å². The van der Waals surface area contributed by atoms with E-state index in [-0.39, 0.29) is 5.78 Å². The van der Waals surface area contributed by atoms with E-state index in [0.29, 0.717) is 11.3 Å². The van der Waals surface area contributed by atoms with E-state index in [2.05, 4.69) is 18.0 Å². The van der Waals surface area contributed by atoms with Crippen molar-refractivity contribution in [1.29, 1.82) is 0 Å². The zero-order valence-corrected chi connectivity index (χ0v) is 11.0. The standard InChI is InChI=1S/C16H15NO2/c1-3-11-5-4-6-12-13(9-17-15(11)12)16(18)14-8-7-10(2)19-14/h4-9,17H,3H2,1-2H3. The van der Waals surface area contributed by atoms with Crippen LogP contribution in [0.1, 0.15) is 34.4 Å². The third kappa shape index (κ3) is 1.87. The summed E-state index contributed by atoms with van der Waals surface area (Å²) in [5.74, 6) is 1.06. The molecule has 0 spiro atoms. The molecule has 3 aromatic rings. The van der Waals surface area contributed by atoms with Gasteiger partial charge in [-0.3, -0.25) is 4.79 Å². The highest BCUT2D eigenvalue weighted by molar-refractivity contribution is 6.15. The van der Waals surface area contributed by atoms with E-state index in [1.54, 1.807) is 18.3 Å². The second kappa shape index (κ2) is 4.43. The van der Waals surface area contributed by atoms with Crippen LogP contribution in [0.4, 0.5) is 0 Å². The van der Waals surface area contributed by atoms with Crippen molar-refractivity contribution >= 4 is 16.7 Å². The fourth-order valence-electron chi connectivity index (χ4n) is 2.39. The molecule has 19 heavy (non-hydrogen) atoms. The number of fused-ring (bicyclic) bond motifs is 1. The summed E-state index contributed by atoms with van der Waals surface area (Å²) in [7, 11) is 0. The largest absolute Gasteiger partial charge is 0.458 e. The summed E-state index contributed by atoms with van der Waals surface area (Å²) < 4.78 is 5.41. The van der Waals surface area contributed by atoms with Crippen molar-refractivity contribution in [3.8, 4) is 0 Å². The van der Waals surface area contributed by atoms with E-state index in [4.69, 9.17) is 4.42 Å². The topological polar surface area (TPSA) is 46.0 Å². The summed E-state index contributed by atoms with van der Waals surface area (Å²) in [5, 5.41) is 0.957. The molecule has 1 aromatic carbocycles. The number of para-hydroxylation sites is 1. The smallest absolute Gasteiger partial charge is 0.230 e. The molecule has 2 heterocycles. The summed E-state index contributed by atoms with van der Waals surface area (Å²) in [4.78, 5) is 15.6. The number of hydrogen-bond acceptors (Lipinski definition) is 2. The van der Waals surface area contributed by atoms with Gasteiger partial charge < -0.3 is 9.40 Å². The lowest BCUT2D eigenvalue weighted by Gasteiger charge is -2.00. The third-order valence-corrected chi connectivity index (χ3v) is 3.39. The van der Waals surface area contributed by atoms with E-state index >= 15 is 0 Å². The molecule has 0 aliphatic carbocycles. The highest BCUT2D eigenvalue weighted by Gasteiger charge is 2.17. The van der Waals surface area contributed by atoms with Crippen LogP contribution in [-0.2, 0) is 6.42 Å². The van der Waals surface area contributed by atoms with Crippen LogP contribution in [0.2, 0.25) is 0 Å². The molecule has 3 nitrogen and oxygen atoms in total. The Morgan fingerprint density at radius 2 is 2.11 bits per heavy atom. The van der Waals surface area contributed by atoms with Crippen LogP contribution >= 0.6 is 0 Å². The third-order valence-electron chi connectivity index (χ3n) is 3.39. The Balaban J connectivity index is 2.13. The highest BCUT2D eigenvalue weighted by Crippen LogP contribution is 2.24. The lowest BCUT2D eigenvalue weighted by Crippen LogP contribution is -1.98. The molecule has 3 rings (SSSR count). The number of furan rings is 1. The number of carbonyl (C=O) groups excluding carboxylic acids is 1. The van der Waals surface area contributed by atoms with Gasteiger partial charge in [-0.2, -0.15) is 0 Å². The Hall–Kier alpha value is -2.29. The first kappa shape index (κ1) is 11.8. The number of aryl methyl sites for hydroxylation is 2. The summed E-state index contributed by atoms with van der Waals surface area (Å²) in [5.41, 5.74) is 2.92. The van der Waals surface area contributed by atoms with Crippen LogP contribution in [-0.4, -0.2) is 10.8 Å². The zero-order valence-electron chi connectivity index (χ0n) is 11.0. The SMILES string of the molecule is CCc1cccc2c(C(=O)c3ccc(C)o3)c[nH]c12. The van der Waals surface area contributed by atoms with Gasteiger partial charge in [-0.25, -0.2) is 0 Å². The van der Waals surface area contributed by atoms with Crippen LogP contribution in [0.5, 0.6) is 0 Å². The van der Waals surface area contributed by atoms with Crippen molar-refractivity contribution in [2.45, 2.75) is 20.3 Å². The van der Waals surface area contributed by atoms with Crippen molar-refractivity contribution in [2.75, 3.05) is 0 Å². The van der Waals surface area contributed by atoms with Gasteiger partial charge in [-0.05, 0) is 31.0 Å². The normalized spacial score (nSPS) is 11.1. The molecule has 0 radical (unpaired) electrons. The van der Waals surface area contributed by atoms with Crippen LogP contribution in [0, 0.1) is 6.92 Å². The fraction of sp³-hybridized carbons (Fsp3) is 0.188. The number of ketones is 1. The van der Waals surface area contributed by atoms with Crippen molar-refractivity contribution in [3.63, 3.8) is 0 Å². The van der Waals surface area contributed by atoms with Gasteiger partial charge in [0.25, 0.3) is 0 Å². The number of hydrogen-bond donors (Lipinski definition) is 1. The van der Waals surface area contributed by atoms with Gasteiger partial charge in [-0.1, -0.05) is 25.1 Å². The van der Waals surface area contributed by atoms with E-state index in [1.165, 1.54) is 5.56 Å². The molecule has 0 unspecified atom stereocenters. The molecular weight excluding hydrogens is 238 g/mol. The van der Waals surface area contributed by atoms with E-state index in [9.17, 15) is 4.79 Å². The lowest BCUT2D eigenvalue weighted by atomic mass is 10.0. The van der Waals surface area contributed by atoms with Gasteiger partial charge in [0.05, 0.1) is 5.56 Å². The average molecular weight is 253 g/mol. The van der Waals surface area contributed by atoms with Crippen LogP contribution in [0.3, 0.4) is 0 Å². The molecule has 0 amide bonds. The van der Waals surface area contributed by atoms with Crippen molar-refractivity contribution in [2.24, 2.45) is 0 Å². The molecule has 2 aromatic heterocycles. The number of aromatic amines is 1. The molecule has 96 valence electrons. The average Bonchev–Trinajstić information content (AvgIpc) is 3.03. The van der Waals surface area contributed by atoms with Crippen molar-refractivity contribution in [3.05, 3.63) is 59.2 Å². The summed E-state index contributed by atoms with van der Waals surface area (Å²) in [6, 6.07) is 9.55. The predicted octanol–water partition coefficient (Wildman–Crippen LogP) is 3.86. The second-order valence-corrected chi connectivity index (χ2v) is 4.64. The monoisotopic (exact) mass is 253 g/mol. The first-order valence-corrected chi connectivity index (χ1v) is 6.41. The van der Waals surface area contributed by atoms with Gasteiger partial charge in [-0.15, -0.1) is 0 Å². The van der Waals surface area contributed by atoms with Gasteiger partial charge in [0.2, 0.25) is 5.78 Å². The maximum Gasteiger partial charge on any atom is 0.230 e. The maximum absolute atomic E-state index is 12.4. The molecule has 0 saturated carbocycles. The number of carbonyl (C=O) groups is 1. The van der Waals surface area contributed by atoms with Gasteiger partial charge in [0.1, 0.15) is 5.76 Å². The van der Waals surface area contributed by atoms with Crippen molar-refractivity contribution < 1.29 is 9.21 Å². The number of rotatable bonds is 3. The Labute approximate surface area is 111 Å². The molecule has 0 fully saturated rings. The molecule has 0 atom stereocenters. The molecule has 0 saturated heterocycles. The quantitative estimate of drug-likeness (QED) is 0.720. The second-order valence-electron chi connectivity index (χ2n) is 4.64. The molecule has 1 N–H and O–H groups in total. The highest BCUT2D eigenvalue weighted by atomic mass is 16.3. The van der Waals surface area contributed by atoms with E-state index in [0.717, 1.165) is 23.1 Å². The van der Waals surface area contributed by atoms with Gasteiger partial charge in [0, 0.05) is 17.1 Å². The Morgan fingerprint density at radius 3 is 2.79 bits per heavy atom. The number of H-pyrrole nitrogens is 1. The molecule has 0 aliphatic heterocycles. The first-order chi connectivity index (χ1) is 9.20. The first-order valence-electron chi connectivity index (χ1n) is 6.41. The lowest BCUT2D eigenvalue weighted by molar-refractivity contribution is 0.101. The zero-order chi connectivity index (χ0) is 13.4. The minimum atomic E-state index is -0.0763. The molecular formula is C16H15NO2. The predicted molar refractivity (Wildman–Crippen MR) is 74.6 cm³/mol. The van der Waals surface area contributed by atoms with Crippen LogP contribution in [0.25, 0.3) is 10.9 Å². The fourth-order valence-corrected chi connectivity index (χ4v) is 2.39. The van der Waals surface area contributed by atoms with Crippen molar-refractivity contribution in [1.82, 2.24) is 4.98 Å². The van der Waals surface area contributed by atoms with Crippen LogP contribution < -0.4 is 0 Å². The Kier molecular flexibility index (Phi) is 2.75.